The van der Waals surface area contributed by atoms with Crippen molar-refractivity contribution in [2.75, 3.05) is 25.3 Å². The molecule has 0 atom stereocenters. The topological polar surface area (TPSA) is 20.3 Å². The molecule has 1 amide bonds. The van der Waals surface area contributed by atoms with Gasteiger partial charge in [0.15, 0.2) is 0 Å². The van der Waals surface area contributed by atoms with Crippen molar-refractivity contribution in [2.24, 2.45) is 5.41 Å². The Bertz CT molecular complexity index is 373. The Hall–Kier alpha value is -0.570. The zero-order chi connectivity index (χ0) is 11.4. The highest BCUT2D eigenvalue weighted by atomic mass is 32.3. The molecule has 0 unspecified atom stereocenters. The van der Waals surface area contributed by atoms with E-state index in [1.54, 1.807) is 0 Å². The fraction of sp³-hybridized carbons (Fsp3) is 0.636. The Morgan fingerprint density at radius 1 is 1.43 bits per heavy atom. The van der Waals surface area contributed by atoms with Crippen molar-refractivity contribution < 1.29 is 4.79 Å². The van der Waals surface area contributed by atoms with Crippen molar-refractivity contribution >= 4 is 20.7 Å². The number of carbonyl (C=O) groups excluding carboxylic acids is 1. The van der Waals surface area contributed by atoms with E-state index >= 15 is 0 Å². The molecule has 0 aromatic carbocycles. The fourth-order valence-electron chi connectivity index (χ4n) is 2.08. The molecule has 82 valence electrons. The Labute approximate surface area is 87.0 Å². The van der Waals surface area contributed by atoms with E-state index in [0.717, 1.165) is 5.75 Å². The lowest BCUT2D eigenvalue weighted by Gasteiger charge is -2.57. The van der Waals surface area contributed by atoms with E-state index < -0.39 is 8.94 Å². The van der Waals surface area contributed by atoms with Gasteiger partial charge in [0.25, 0.3) is 5.91 Å². The quantitative estimate of drug-likeness (QED) is 0.447. The van der Waals surface area contributed by atoms with Crippen LogP contribution in [-0.2, 0) is 4.79 Å². The van der Waals surface area contributed by atoms with Gasteiger partial charge >= 0.3 is 0 Å². The summed E-state index contributed by atoms with van der Waals surface area (Å²) >= 11 is 0. The minimum Gasteiger partial charge on any atom is -0.309 e. The molecule has 0 N–H and O–H groups in total. The maximum Gasteiger partial charge on any atom is 0.257 e. The first-order chi connectivity index (χ1) is 5.96. The summed E-state index contributed by atoms with van der Waals surface area (Å²) in [7, 11) is -0.131. The first kappa shape index (κ1) is 11.5. The molecule has 1 saturated heterocycles. The highest BCUT2D eigenvalue weighted by molar-refractivity contribution is 8.44. The van der Waals surface area contributed by atoms with Crippen LogP contribution in [0.1, 0.15) is 13.8 Å². The summed E-state index contributed by atoms with van der Waals surface area (Å²) in [5.74, 6) is 5.29. The fourth-order valence-corrected chi connectivity index (χ4v) is 5.41. The molecule has 1 aliphatic heterocycles. The zero-order valence-electron chi connectivity index (χ0n) is 9.89. The van der Waals surface area contributed by atoms with E-state index in [1.165, 1.54) is 0 Å². The van der Waals surface area contributed by atoms with Gasteiger partial charge in [0.05, 0.1) is 0 Å². The standard InChI is InChI=1S/C11H21NOS/c1-9-10(13)12(4)14(5,6,7)8-11(9,2)3/h1,5,8H2,2-4,6-7H3. The second kappa shape index (κ2) is 2.51. The summed E-state index contributed by atoms with van der Waals surface area (Å²) in [5, 5.41) is 0. The molecule has 0 radical (unpaired) electrons. The highest BCUT2D eigenvalue weighted by Crippen LogP contribution is 2.60. The van der Waals surface area contributed by atoms with Crippen LogP contribution >= 0.6 is 8.94 Å². The van der Waals surface area contributed by atoms with E-state index in [0.29, 0.717) is 5.57 Å². The van der Waals surface area contributed by atoms with Crippen LogP contribution in [0.2, 0.25) is 0 Å². The Kier molecular flexibility index (Phi) is 2.06. The van der Waals surface area contributed by atoms with E-state index in [2.05, 4.69) is 38.8 Å². The molecule has 0 bridgehead atoms. The van der Waals surface area contributed by atoms with Gasteiger partial charge in [-0.15, -0.1) is 0 Å². The molecule has 1 fully saturated rings. The third kappa shape index (κ3) is 1.54. The van der Waals surface area contributed by atoms with Gasteiger partial charge in [0, 0.05) is 18.0 Å². The number of amides is 1. The molecule has 14 heavy (non-hydrogen) atoms. The molecule has 0 aromatic rings. The smallest absolute Gasteiger partial charge is 0.257 e. The largest absolute Gasteiger partial charge is 0.309 e. The van der Waals surface area contributed by atoms with E-state index in [9.17, 15) is 4.79 Å². The van der Waals surface area contributed by atoms with Crippen molar-refractivity contribution in [3.63, 3.8) is 0 Å². The van der Waals surface area contributed by atoms with Crippen molar-refractivity contribution in [1.29, 1.82) is 0 Å². The van der Waals surface area contributed by atoms with Crippen molar-refractivity contribution in [3.05, 3.63) is 12.2 Å². The average molecular weight is 215 g/mol. The Morgan fingerprint density at radius 3 is 2.29 bits per heavy atom. The predicted octanol–water partition coefficient (Wildman–Crippen LogP) is 1.99. The van der Waals surface area contributed by atoms with Gasteiger partial charge in [-0.3, -0.25) is 4.79 Å². The molecule has 0 aliphatic carbocycles. The van der Waals surface area contributed by atoms with Gasteiger partial charge in [0.2, 0.25) is 0 Å². The van der Waals surface area contributed by atoms with E-state index in [-0.39, 0.29) is 11.3 Å². The maximum atomic E-state index is 12.0. The molecule has 0 saturated carbocycles. The van der Waals surface area contributed by atoms with Crippen LogP contribution in [0.3, 0.4) is 0 Å². The summed E-state index contributed by atoms with van der Waals surface area (Å²) < 4.78 is 1.81. The predicted molar refractivity (Wildman–Crippen MR) is 67.1 cm³/mol. The summed E-state index contributed by atoms with van der Waals surface area (Å²) in [6.07, 6.45) is 4.23. The number of likely N-dealkylation sites (N-methyl/N-ethyl adjacent to an activating group) is 1. The van der Waals surface area contributed by atoms with Crippen molar-refractivity contribution in [2.45, 2.75) is 13.8 Å². The third-order valence-corrected chi connectivity index (χ3v) is 6.78. The van der Waals surface area contributed by atoms with Crippen LogP contribution in [-0.4, -0.2) is 41.4 Å². The van der Waals surface area contributed by atoms with Crippen molar-refractivity contribution in [1.82, 2.24) is 4.31 Å². The van der Waals surface area contributed by atoms with Crippen LogP contribution in [0, 0.1) is 5.41 Å². The second-order valence-corrected chi connectivity index (χ2v) is 11.3. The highest BCUT2D eigenvalue weighted by Gasteiger charge is 2.44. The minimum atomic E-state index is -1.98. The normalized spacial score (nSPS) is 32.1. The van der Waals surface area contributed by atoms with Gasteiger partial charge in [0.1, 0.15) is 0 Å². The number of nitrogens with zero attached hydrogens (tertiary/aromatic N) is 1. The zero-order valence-corrected chi connectivity index (χ0v) is 10.7. The average Bonchev–Trinajstić information content (AvgIpc) is 1.95. The van der Waals surface area contributed by atoms with Crippen LogP contribution in [0.4, 0.5) is 0 Å². The second-order valence-electron chi connectivity index (χ2n) is 5.70. The lowest BCUT2D eigenvalue weighted by Crippen LogP contribution is -2.48. The van der Waals surface area contributed by atoms with Gasteiger partial charge < -0.3 is 4.31 Å². The van der Waals surface area contributed by atoms with Crippen LogP contribution in [0.15, 0.2) is 12.2 Å². The lowest BCUT2D eigenvalue weighted by molar-refractivity contribution is -0.123. The van der Waals surface area contributed by atoms with Crippen LogP contribution in [0.25, 0.3) is 0 Å². The maximum absolute atomic E-state index is 12.0. The third-order valence-electron chi connectivity index (χ3n) is 3.11. The lowest BCUT2D eigenvalue weighted by atomic mass is 9.86. The summed E-state index contributed by atoms with van der Waals surface area (Å²) in [4.78, 5) is 12.0. The molecule has 1 heterocycles. The Balaban J connectivity index is 3.31. The molecular weight excluding hydrogens is 194 g/mol. The number of carbonyl (C=O) groups is 1. The van der Waals surface area contributed by atoms with Gasteiger partial charge in [-0.1, -0.05) is 26.3 Å². The molecule has 1 aliphatic rings. The van der Waals surface area contributed by atoms with Crippen molar-refractivity contribution in [3.8, 4) is 0 Å². The summed E-state index contributed by atoms with van der Waals surface area (Å²) in [6, 6.07) is 0. The first-order valence-corrected chi connectivity index (χ1v) is 7.81. The molecule has 0 spiro atoms. The monoisotopic (exact) mass is 215 g/mol. The summed E-state index contributed by atoms with van der Waals surface area (Å²) in [5.41, 5.74) is 0.595. The van der Waals surface area contributed by atoms with Crippen LogP contribution in [0.5, 0.6) is 0 Å². The van der Waals surface area contributed by atoms with Crippen LogP contribution < -0.4 is 0 Å². The first-order valence-electron chi connectivity index (χ1n) is 4.66. The minimum absolute atomic E-state index is 0.0586. The molecule has 3 heteroatoms. The molecule has 2 nitrogen and oxygen atoms in total. The van der Waals surface area contributed by atoms with Gasteiger partial charge in [-0.2, -0.15) is 8.94 Å². The van der Waals surface area contributed by atoms with E-state index in [4.69, 9.17) is 0 Å². The van der Waals surface area contributed by atoms with E-state index in [1.807, 2.05) is 11.4 Å². The van der Waals surface area contributed by atoms with Gasteiger partial charge in [-0.25, -0.2) is 0 Å². The number of rotatable bonds is 0. The van der Waals surface area contributed by atoms with Gasteiger partial charge in [-0.05, 0) is 18.3 Å². The molecule has 1 rings (SSSR count). The Morgan fingerprint density at radius 2 is 1.86 bits per heavy atom. The number of hydrogen-bond acceptors (Lipinski definition) is 1. The number of hydrogen-bond donors (Lipinski definition) is 0. The molecular formula is C11H21NOS. The SMILES string of the molecule is C=C1C(=O)N(C)S(=C)(C)(C)CC1(C)C. The molecule has 0 aromatic heterocycles. The summed E-state index contributed by atoms with van der Waals surface area (Å²) in [6.45, 7) is 8.05.